The van der Waals surface area contributed by atoms with Crippen molar-refractivity contribution in [2.45, 2.75) is 25.0 Å². The number of piperazine rings is 1. The molecule has 6 rings (SSSR count). The topological polar surface area (TPSA) is 80.6 Å². The number of aryl methyl sites for hydroxylation is 1. The SMILES string of the molecule is COc1ccc(-n2c(SCC(=O)N3CCN(C(=O)c4ccc(-c5ccccc5)cc4)C(C)C3)nnc2-c2ccc(C)cc2)cc1. The lowest BCUT2D eigenvalue weighted by atomic mass is 10.0. The van der Waals surface area contributed by atoms with E-state index < -0.39 is 0 Å². The number of carbonyl (C=O) groups is 2. The van der Waals surface area contributed by atoms with Crippen LogP contribution in [0.2, 0.25) is 0 Å². The van der Waals surface area contributed by atoms with Crippen molar-refractivity contribution in [3.63, 3.8) is 0 Å². The standard InChI is InChI=1S/C36H35N5O3S/c1-25-9-11-29(12-10-25)34-37-38-36(41(34)31-17-19-32(44-3)20-18-31)45-24-33(42)39-21-22-40(26(2)23-39)35(43)30-15-13-28(14-16-30)27-7-5-4-6-8-27/h4-20,26H,21-24H2,1-3H3. The average Bonchev–Trinajstić information content (AvgIpc) is 3.51. The van der Waals surface area contributed by atoms with Gasteiger partial charge in [-0.05, 0) is 61.4 Å². The molecule has 1 saturated heterocycles. The van der Waals surface area contributed by atoms with Crippen molar-refractivity contribution in [3.05, 3.63) is 114 Å². The highest BCUT2D eigenvalue weighted by Crippen LogP contribution is 2.30. The summed E-state index contributed by atoms with van der Waals surface area (Å²) in [4.78, 5) is 30.5. The number of methoxy groups -OCH3 is 1. The molecule has 1 fully saturated rings. The van der Waals surface area contributed by atoms with Gasteiger partial charge in [0, 0.05) is 42.5 Å². The molecule has 2 heterocycles. The van der Waals surface area contributed by atoms with Crippen LogP contribution in [0.4, 0.5) is 0 Å². The van der Waals surface area contributed by atoms with Gasteiger partial charge in [-0.25, -0.2) is 0 Å². The molecule has 0 N–H and O–H groups in total. The first kappa shape index (κ1) is 30.1. The van der Waals surface area contributed by atoms with Crippen molar-refractivity contribution in [2.75, 3.05) is 32.5 Å². The Morgan fingerprint density at radius 2 is 1.49 bits per heavy atom. The minimum absolute atomic E-state index is 0.00679. The highest BCUT2D eigenvalue weighted by Gasteiger charge is 2.30. The monoisotopic (exact) mass is 617 g/mol. The van der Waals surface area contributed by atoms with Gasteiger partial charge < -0.3 is 14.5 Å². The van der Waals surface area contributed by atoms with Gasteiger partial charge in [0.15, 0.2) is 11.0 Å². The van der Waals surface area contributed by atoms with E-state index in [0.717, 1.165) is 33.7 Å². The number of carbonyl (C=O) groups excluding carboxylic acids is 2. The van der Waals surface area contributed by atoms with Gasteiger partial charge in [0.05, 0.1) is 12.9 Å². The molecule has 1 unspecified atom stereocenters. The molecule has 1 aliphatic rings. The number of rotatable bonds is 8. The molecule has 4 aromatic carbocycles. The van der Waals surface area contributed by atoms with E-state index in [1.807, 2.05) is 119 Å². The largest absolute Gasteiger partial charge is 0.497 e. The maximum absolute atomic E-state index is 13.4. The van der Waals surface area contributed by atoms with E-state index in [-0.39, 0.29) is 23.6 Å². The lowest BCUT2D eigenvalue weighted by molar-refractivity contribution is -0.130. The predicted octanol–water partition coefficient (Wildman–Crippen LogP) is 6.38. The molecule has 0 radical (unpaired) electrons. The fourth-order valence-corrected chi connectivity index (χ4v) is 6.38. The molecule has 9 heteroatoms. The molecule has 0 bridgehead atoms. The molecule has 228 valence electrons. The number of nitrogens with zero attached hydrogens (tertiary/aromatic N) is 5. The van der Waals surface area contributed by atoms with E-state index in [0.29, 0.717) is 36.2 Å². The molecule has 1 aliphatic heterocycles. The minimum Gasteiger partial charge on any atom is -0.497 e. The fourth-order valence-electron chi connectivity index (χ4n) is 5.52. The molecule has 0 spiro atoms. The van der Waals surface area contributed by atoms with Gasteiger partial charge in [0.2, 0.25) is 5.91 Å². The van der Waals surface area contributed by atoms with Gasteiger partial charge in [-0.1, -0.05) is 84.1 Å². The fraction of sp³-hybridized carbons (Fsp3) is 0.222. The number of hydrogen-bond donors (Lipinski definition) is 0. The molecule has 45 heavy (non-hydrogen) atoms. The summed E-state index contributed by atoms with van der Waals surface area (Å²) >= 11 is 1.36. The molecule has 1 aromatic heterocycles. The molecular weight excluding hydrogens is 582 g/mol. The van der Waals surface area contributed by atoms with Crippen LogP contribution in [0.15, 0.2) is 108 Å². The van der Waals surface area contributed by atoms with E-state index in [2.05, 4.69) is 22.3 Å². The Kier molecular flexibility index (Phi) is 8.98. The predicted molar refractivity (Wildman–Crippen MR) is 178 cm³/mol. The molecule has 5 aromatic rings. The lowest BCUT2D eigenvalue weighted by Gasteiger charge is -2.40. The van der Waals surface area contributed by atoms with Gasteiger partial charge >= 0.3 is 0 Å². The van der Waals surface area contributed by atoms with Crippen molar-refractivity contribution in [1.82, 2.24) is 24.6 Å². The number of aromatic nitrogens is 3. The molecule has 0 aliphatic carbocycles. The summed E-state index contributed by atoms with van der Waals surface area (Å²) in [5, 5.41) is 9.62. The Morgan fingerprint density at radius 1 is 0.822 bits per heavy atom. The Hall–Kier alpha value is -4.89. The van der Waals surface area contributed by atoms with Gasteiger partial charge in [0.25, 0.3) is 5.91 Å². The van der Waals surface area contributed by atoms with Gasteiger partial charge in [-0.3, -0.25) is 14.2 Å². The second-order valence-corrected chi connectivity index (χ2v) is 12.1. The van der Waals surface area contributed by atoms with E-state index in [1.54, 1.807) is 7.11 Å². The lowest BCUT2D eigenvalue weighted by Crippen LogP contribution is -2.55. The van der Waals surface area contributed by atoms with Crippen molar-refractivity contribution < 1.29 is 14.3 Å². The van der Waals surface area contributed by atoms with Gasteiger partial charge in [-0.15, -0.1) is 10.2 Å². The maximum atomic E-state index is 13.4. The second-order valence-electron chi connectivity index (χ2n) is 11.1. The van der Waals surface area contributed by atoms with E-state index in [9.17, 15) is 9.59 Å². The number of amides is 2. The zero-order valence-corrected chi connectivity index (χ0v) is 26.4. The smallest absolute Gasteiger partial charge is 0.254 e. The zero-order valence-electron chi connectivity index (χ0n) is 25.6. The molecule has 1 atom stereocenters. The minimum atomic E-state index is -0.106. The third-order valence-corrected chi connectivity index (χ3v) is 8.99. The van der Waals surface area contributed by atoms with Gasteiger partial charge in [-0.2, -0.15) is 0 Å². The summed E-state index contributed by atoms with van der Waals surface area (Å²) in [6.45, 7) is 5.49. The Labute approximate surface area is 267 Å². The van der Waals surface area contributed by atoms with Crippen molar-refractivity contribution in [2.24, 2.45) is 0 Å². The van der Waals surface area contributed by atoms with Crippen LogP contribution in [0.1, 0.15) is 22.8 Å². The maximum Gasteiger partial charge on any atom is 0.254 e. The second kappa shape index (κ2) is 13.4. The van der Waals surface area contributed by atoms with Crippen molar-refractivity contribution >= 4 is 23.6 Å². The Balaban J connectivity index is 1.12. The number of ether oxygens (including phenoxy) is 1. The van der Waals surface area contributed by atoms with E-state index >= 15 is 0 Å². The molecular formula is C36H35N5O3S. The quantitative estimate of drug-likeness (QED) is 0.188. The summed E-state index contributed by atoms with van der Waals surface area (Å²) in [5.74, 6) is 1.66. The number of hydrogen-bond acceptors (Lipinski definition) is 6. The first-order valence-electron chi connectivity index (χ1n) is 14.9. The van der Waals surface area contributed by atoms with Crippen LogP contribution in [0.3, 0.4) is 0 Å². The Bertz CT molecular complexity index is 1770. The molecule has 0 saturated carbocycles. The van der Waals surface area contributed by atoms with Crippen LogP contribution < -0.4 is 4.74 Å². The summed E-state index contributed by atoms with van der Waals surface area (Å²) in [5.41, 5.74) is 5.81. The third kappa shape index (κ3) is 6.63. The van der Waals surface area contributed by atoms with Crippen LogP contribution in [-0.4, -0.2) is 74.9 Å². The van der Waals surface area contributed by atoms with Gasteiger partial charge in [0.1, 0.15) is 5.75 Å². The third-order valence-electron chi connectivity index (χ3n) is 8.08. The highest BCUT2D eigenvalue weighted by atomic mass is 32.2. The zero-order chi connectivity index (χ0) is 31.3. The van der Waals surface area contributed by atoms with Crippen LogP contribution >= 0.6 is 11.8 Å². The van der Waals surface area contributed by atoms with Crippen LogP contribution in [0.5, 0.6) is 5.75 Å². The first-order valence-corrected chi connectivity index (χ1v) is 15.9. The summed E-state index contributed by atoms with van der Waals surface area (Å²) < 4.78 is 7.32. The first-order chi connectivity index (χ1) is 21.9. The molecule has 2 amide bonds. The van der Waals surface area contributed by atoms with Crippen LogP contribution in [0, 0.1) is 6.92 Å². The number of thioether (sulfide) groups is 1. The average molecular weight is 618 g/mol. The molecule has 8 nitrogen and oxygen atoms in total. The Morgan fingerprint density at radius 3 is 2.16 bits per heavy atom. The van der Waals surface area contributed by atoms with Crippen LogP contribution in [-0.2, 0) is 4.79 Å². The van der Waals surface area contributed by atoms with E-state index in [4.69, 9.17) is 4.74 Å². The number of benzene rings is 4. The van der Waals surface area contributed by atoms with Crippen molar-refractivity contribution in [3.8, 4) is 34.0 Å². The van der Waals surface area contributed by atoms with Crippen LogP contribution in [0.25, 0.3) is 28.2 Å². The highest BCUT2D eigenvalue weighted by molar-refractivity contribution is 7.99. The summed E-state index contributed by atoms with van der Waals surface area (Å²) in [6, 6.07) is 33.6. The van der Waals surface area contributed by atoms with Crippen molar-refractivity contribution in [1.29, 1.82) is 0 Å². The summed E-state index contributed by atoms with van der Waals surface area (Å²) in [7, 11) is 1.64. The van der Waals surface area contributed by atoms with E-state index in [1.165, 1.54) is 11.8 Å². The normalized spacial score (nSPS) is 14.8. The summed E-state index contributed by atoms with van der Waals surface area (Å²) in [6.07, 6.45) is 0.